The van der Waals surface area contributed by atoms with Gasteiger partial charge in [-0.3, -0.25) is 0 Å². The van der Waals surface area contributed by atoms with Crippen LogP contribution in [0, 0.1) is 0 Å². The van der Waals surface area contributed by atoms with Gasteiger partial charge in [-0.15, -0.1) is 0 Å². The molecule has 0 aromatic rings. The maximum absolute atomic E-state index is 4.11. The molecule has 0 radical (unpaired) electrons. The molecule has 0 aliphatic heterocycles. The lowest BCUT2D eigenvalue weighted by Gasteiger charge is -2.13. The molecule has 0 saturated carbocycles. The zero-order chi connectivity index (χ0) is 8.41. The zero-order valence-corrected chi connectivity index (χ0v) is 8.86. The van der Waals surface area contributed by atoms with Crippen LogP contribution in [0.2, 0.25) is 0 Å². The van der Waals surface area contributed by atoms with Crippen LogP contribution in [0.25, 0.3) is 0 Å². The first-order valence-electron chi connectivity index (χ1n) is 3.34. The summed E-state index contributed by atoms with van der Waals surface area (Å²) in [6, 6.07) is 0. The minimum atomic E-state index is -0.222. The third kappa shape index (κ3) is 8.08. The van der Waals surface area contributed by atoms with Crippen LogP contribution in [0.3, 0.4) is 0 Å². The number of hydrogen-bond donors (Lipinski definition) is 0. The first kappa shape index (κ1) is 10.1. The molecule has 60 valence electrons. The topological polar surface area (TPSA) is 24.7 Å². The molecule has 0 atom stereocenters. The second kappa shape index (κ2) is 2.99. The maximum Gasteiger partial charge on any atom is 0.130 e. The predicted octanol–water partition coefficient (Wildman–Crippen LogP) is 3.37. The highest BCUT2D eigenvalue weighted by Gasteiger charge is 2.13. The molecule has 0 spiro atoms. The quantitative estimate of drug-likeness (QED) is 0.357. The van der Waals surface area contributed by atoms with E-state index in [0.29, 0.717) is 0 Å². The molecular formula is C7H15BrN2. The molecule has 0 N–H and O–H groups in total. The van der Waals surface area contributed by atoms with Crippen molar-refractivity contribution in [2.24, 2.45) is 10.2 Å². The molecule has 0 bridgehead atoms. The maximum atomic E-state index is 4.11. The van der Waals surface area contributed by atoms with Crippen molar-refractivity contribution < 1.29 is 0 Å². The Morgan fingerprint density at radius 2 is 1.30 bits per heavy atom. The fourth-order valence-corrected chi connectivity index (χ4v) is 0.348. The first-order valence-corrected chi connectivity index (χ1v) is 4.13. The number of hydrogen-bond acceptors (Lipinski definition) is 2. The standard InChI is InChI=1S/C7H15BrN2/c1-6(2,3)9-10-7(4,5)8/h1-5H3. The molecule has 0 aliphatic carbocycles. The SMILES string of the molecule is CC(C)(C)N=NC(C)(C)Br. The van der Waals surface area contributed by atoms with E-state index in [4.69, 9.17) is 0 Å². The van der Waals surface area contributed by atoms with Crippen molar-refractivity contribution in [1.29, 1.82) is 0 Å². The van der Waals surface area contributed by atoms with Crippen molar-refractivity contribution in [2.45, 2.75) is 44.6 Å². The number of alkyl halides is 1. The van der Waals surface area contributed by atoms with Gasteiger partial charge >= 0.3 is 0 Å². The van der Waals surface area contributed by atoms with Gasteiger partial charge in [0.1, 0.15) is 4.45 Å². The van der Waals surface area contributed by atoms with E-state index >= 15 is 0 Å². The van der Waals surface area contributed by atoms with Crippen LogP contribution in [0.5, 0.6) is 0 Å². The summed E-state index contributed by atoms with van der Waals surface area (Å²) in [5, 5.41) is 8.18. The number of rotatable bonds is 1. The molecule has 0 unspecified atom stereocenters. The molecular weight excluding hydrogens is 192 g/mol. The van der Waals surface area contributed by atoms with E-state index in [0.717, 1.165) is 0 Å². The molecule has 0 aromatic carbocycles. The van der Waals surface area contributed by atoms with Crippen LogP contribution in [-0.4, -0.2) is 9.99 Å². The third-order valence-electron chi connectivity index (χ3n) is 0.588. The second-order valence-corrected chi connectivity index (χ2v) is 5.72. The smallest absolute Gasteiger partial charge is 0.130 e. The molecule has 0 rings (SSSR count). The normalized spacial score (nSPS) is 14.6. The molecule has 0 aromatic heterocycles. The molecule has 0 aliphatic rings. The zero-order valence-electron chi connectivity index (χ0n) is 7.27. The average molecular weight is 207 g/mol. The Bertz CT molecular complexity index is 112. The average Bonchev–Trinajstić information content (AvgIpc) is 1.57. The van der Waals surface area contributed by atoms with Crippen molar-refractivity contribution in [3.8, 4) is 0 Å². The summed E-state index contributed by atoms with van der Waals surface area (Å²) in [5.74, 6) is 0. The van der Waals surface area contributed by atoms with Gasteiger partial charge in [0.25, 0.3) is 0 Å². The van der Waals surface area contributed by atoms with Crippen LogP contribution in [0.1, 0.15) is 34.6 Å². The van der Waals surface area contributed by atoms with Gasteiger partial charge < -0.3 is 0 Å². The van der Waals surface area contributed by atoms with Crippen LogP contribution >= 0.6 is 15.9 Å². The minimum absolute atomic E-state index is 0.0644. The van der Waals surface area contributed by atoms with E-state index in [2.05, 4.69) is 26.2 Å². The lowest BCUT2D eigenvalue weighted by molar-refractivity contribution is 0.516. The van der Waals surface area contributed by atoms with E-state index in [1.165, 1.54) is 0 Å². The summed E-state index contributed by atoms with van der Waals surface area (Å²) in [5.41, 5.74) is -0.0644. The van der Waals surface area contributed by atoms with Gasteiger partial charge in [-0.05, 0) is 34.6 Å². The van der Waals surface area contributed by atoms with Gasteiger partial charge in [0.2, 0.25) is 0 Å². The summed E-state index contributed by atoms with van der Waals surface area (Å²) < 4.78 is -0.222. The monoisotopic (exact) mass is 206 g/mol. The van der Waals surface area contributed by atoms with Gasteiger partial charge in [-0.25, -0.2) is 0 Å². The van der Waals surface area contributed by atoms with Crippen molar-refractivity contribution in [2.75, 3.05) is 0 Å². The molecule has 2 nitrogen and oxygen atoms in total. The predicted molar refractivity (Wildman–Crippen MR) is 47.6 cm³/mol. The van der Waals surface area contributed by atoms with E-state index < -0.39 is 0 Å². The van der Waals surface area contributed by atoms with Gasteiger partial charge in [0.05, 0.1) is 5.54 Å². The Kier molecular flexibility index (Phi) is 3.01. The molecule has 0 saturated heterocycles. The van der Waals surface area contributed by atoms with Gasteiger partial charge in [-0.2, -0.15) is 10.2 Å². The fourth-order valence-electron chi connectivity index (χ4n) is 0.269. The van der Waals surface area contributed by atoms with Crippen molar-refractivity contribution >= 4 is 15.9 Å². The lowest BCUT2D eigenvalue weighted by Crippen LogP contribution is -2.12. The van der Waals surface area contributed by atoms with Crippen molar-refractivity contribution in [1.82, 2.24) is 0 Å². The van der Waals surface area contributed by atoms with Gasteiger partial charge in [0.15, 0.2) is 0 Å². The van der Waals surface area contributed by atoms with Gasteiger partial charge in [-0.1, -0.05) is 15.9 Å². The van der Waals surface area contributed by atoms with E-state index in [1.54, 1.807) is 0 Å². The molecule has 0 fully saturated rings. The van der Waals surface area contributed by atoms with E-state index in [-0.39, 0.29) is 9.99 Å². The number of azo groups is 1. The summed E-state index contributed by atoms with van der Waals surface area (Å²) in [6.45, 7) is 9.99. The summed E-state index contributed by atoms with van der Waals surface area (Å²) in [6.07, 6.45) is 0. The van der Waals surface area contributed by atoms with Crippen molar-refractivity contribution in [3.63, 3.8) is 0 Å². The highest BCUT2D eigenvalue weighted by molar-refractivity contribution is 9.10. The molecule has 3 heteroatoms. The van der Waals surface area contributed by atoms with Crippen molar-refractivity contribution in [3.05, 3.63) is 0 Å². The molecule has 0 heterocycles. The lowest BCUT2D eigenvalue weighted by atomic mass is 10.1. The van der Waals surface area contributed by atoms with Crippen LogP contribution < -0.4 is 0 Å². The highest BCUT2D eigenvalue weighted by Crippen LogP contribution is 2.20. The summed E-state index contributed by atoms with van der Waals surface area (Å²) >= 11 is 3.37. The Balaban J connectivity index is 4.01. The fraction of sp³-hybridized carbons (Fsp3) is 1.00. The van der Waals surface area contributed by atoms with E-state index in [9.17, 15) is 0 Å². The summed E-state index contributed by atoms with van der Waals surface area (Å²) in [4.78, 5) is 0. The summed E-state index contributed by atoms with van der Waals surface area (Å²) in [7, 11) is 0. The second-order valence-electron chi connectivity index (χ2n) is 3.78. The van der Waals surface area contributed by atoms with Crippen LogP contribution in [0.15, 0.2) is 10.2 Å². The molecule has 10 heavy (non-hydrogen) atoms. The highest BCUT2D eigenvalue weighted by atomic mass is 79.9. The first-order chi connectivity index (χ1) is 4.21. The Labute approximate surface area is 71.2 Å². The largest absolute Gasteiger partial charge is 0.187 e. The Hall–Kier alpha value is 0.0800. The van der Waals surface area contributed by atoms with Crippen LogP contribution in [-0.2, 0) is 0 Å². The van der Waals surface area contributed by atoms with Gasteiger partial charge in [0, 0.05) is 0 Å². The third-order valence-corrected chi connectivity index (χ3v) is 0.746. The number of nitrogens with zero attached hydrogens (tertiary/aromatic N) is 2. The Morgan fingerprint density at radius 1 is 0.900 bits per heavy atom. The van der Waals surface area contributed by atoms with Crippen LogP contribution in [0.4, 0.5) is 0 Å². The Morgan fingerprint density at radius 3 is 1.40 bits per heavy atom. The minimum Gasteiger partial charge on any atom is -0.187 e. The molecule has 0 amide bonds. The van der Waals surface area contributed by atoms with E-state index in [1.807, 2.05) is 34.6 Å². The number of halogens is 1.